The predicted molar refractivity (Wildman–Crippen MR) is 141 cm³/mol. The van der Waals surface area contributed by atoms with Crippen LogP contribution >= 0.6 is 0 Å². The molecule has 0 bridgehead atoms. The smallest absolute Gasteiger partial charge is 0.423 e. The molecule has 0 saturated heterocycles. The Hall–Kier alpha value is -4.59. The van der Waals surface area contributed by atoms with E-state index in [1.54, 1.807) is 18.2 Å². The van der Waals surface area contributed by atoms with Gasteiger partial charge in [0.05, 0.1) is 0 Å². The van der Waals surface area contributed by atoms with Gasteiger partial charge in [-0.1, -0.05) is 74.4 Å². The minimum absolute atomic E-state index is 0.125. The second-order valence-electron chi connectivity index (χ2n) is 8.40. The van der Waals surface area contributed by atoms with Crippen molar-refractivity contribution in [1.82, 2.24) is 0 Å². The molecule has 200 valence electrons. The molecule has 4 rings (SSSR count). The third-order valence-corrected chi connectivity index (χ3v) is 5.80. The van der Waals surface area contributed by atoms with E-state index in [1.807, 2.05) is 0 Å². The Bertz CT molecular complexity index is 1370. The molecule has 39 heavy (non-hydrogen) atoms. The van der Waals surface area contributed by atoms with E-state index < -0.39 is 46.7 Å². The number of alkyl halides is 3. The fraction of sp³-hybridized carbons (Fsp3) is 0.0968. The summed E-state index contributed by atoms with van der Waals surface area (Å²) in [4.78, 5) is 0. The van der Waals surface area contributed by atoms with Gasteiger partial charge in [0.2, 0.25) is 11.6 Å². The molecule has 0 radical (unpaired) electrons. The lowest BCUT2D eigenvalue weighted by Gasteiger charge is -2.24. The first-order valence-corrected chi connectivity index (χ1v) is 11.7. The number of ether oxygens (including phenoxy) is 3. The van der Waals surface area contributed by atoms with Crippen LogP contribution in [0.3, 0.4) is 0 Å². The standard InChI is InChI=1S/C31H23F5O3/c1-4-19-7-13-22(14-8-19)37-28-25(31(34,35)36)29(38-23-15-9-20(5-2)10-16-23)27(33)30(26(28)32)39-24-17-11-21(6-3)12-18-24/h4-17,24H,1-3,18H2. The molecular formula is C31H23F5O3. The maximum Gasteiger partial charge on any atom is 0.423 e. The first-order chi connectivity index (χ1) is 18.6. The van der Waals surface area contributed by atoms with Gasteiger partial charge < -0.3 is 14.2 Å². The molecule has 3 aromatic carbocycles. The summed E-state index contributed by atoms with van der Waals surface area (Å²) < 4.78 is 91.0. The normalized spacial score (nSPS) is 14.8. The minimum atomic E-state index is -5.26. The van der Waals surface area contributed by atoms with Crippen LogP contribution in [0, 0.1) is 11.6 Å². The lowest BCUT2D eigenvalue weighted by atomic mass is 10.0. The van der Waals surface area contributed by atoms with E-state index in [9.17, 15) is 13.2 Å². The summed E-state index contributed by atoms with van der Waals surface area (Å²) >= 11 is 0. The minimum Gasteiger partial charge on any atom is -0.480 e. The molecule has 0 amide bonds. The highest BCUT2D eigenvalue weighted by Gasteiger charge is 2.44. The van der Waals surface area contributed by atoms with Crippen molar-refractivity contribution in [2.75, 3.05) is 0 Å². The summed E-state index contributed by atoms with van der Waals surface area (Å²) in [7, 11) is 0. The summed E-state index contributed by atoms with van der Waals surface area (Å²) in [5.74, 6) is -7.21. The molecule has 0 aromatic heterocycles. The Morgan fingerprint density at radius 3 is 1.56 bits per heavy atom. The zero-order chi connectivity index (χ0) is 28.2. The first-order valence-electron chi connectivity index (χ1n) is 11.7. The molecule has 3 nitrogen and oxygen atoms in total. The first kappa shape index (κ1) is 27.4. The summed E-state index contributed by atoms with van der Waals surface area (Å²) in [6.45, 7) is 10.9. The maximum absolute atomic E-state index is 15.7. The topological polar surface area (TPSA) is 27.7 Å². The van der Waals surface area contributed by atoms with Crippen molar-refractivity contribution in [3.05, 3.63) is 126 Å². The van der Waals surface area contributed by atoms with Crippen LogP contribution in [0.1, 0.15) is 23.1 Å². The number of hydrogen-bond donors (Lipinski definition) is 0. The fourth-order valence-electron chi connectivity index (χ4n) is 3.76. The quantitative estimate of drug-likeness (QED) is 0.254. The van der Waals surface area contributed by atoms with Crippen LogP contribution in [0.5, 0.6) is 28.7 Å². The molecule has 1 unspecified atom stereocenters. The summed E-state index contributed by atoms with van der Waals surface area (Å²) in [6, 6.07) is 11.4. The monoisotopic (exact) mass is 538 g/mol. The maximum atomic E-state index is 15.7. The molecule has 1 aliphatic carbocycles. The third kappa shape index (κ3) is 6.12. The van der Waals surface area contributed by atoms with Crippen molar-refractivity contribution in [3.63, 3.8) is 0 Å². The van der Waals surface area contributed by atoms with E-state index in [2.05, 4.69) is 19.7 Å². The van der Waals surface area contributed by atoms with Crippen molar-refractivity contribution in [2.24, 2.45) is 0 Å². The van der Waals surface area contributed by atoms with Crippen LogP contribution in [-0.2, 0) is 6.18 Å². The number of allylic oxidation sites excluding steroid dienone is 3. The van der Waals surface area contributed by atoms with E-state index in [1.165, 1.54) is 66.8 Å². The van der Waals surface area contributed by atoms with E-state index in [-0.39, 0.29) is 17.9 Å². The van der Waals surface area contributed by atoms with Crippen LogP contribution in [0.2, 0.25) is 0 Å². The van der Waals surface area contributed by atoms with Gasteiger partial charge in [0.1, 0.15) is 23.2 Å². The second-order valence-corrected chi connectivity index (χ2v) is 8.40. The number of benzene rings is 3. The summed E-state index contributed by atoms with van der Waals surface area (Å²) in [6.07, 6.45) is 3.55. The van der Waals surface area contributed by atoms with Gasteiger partial charge in [0.25, 0.3) is 0 Å². The third-order valence-electron chi connectivity index (χ3n) is 5.80. The van der Waals surface area contributed by atoms with Crippen LogP contribution in [0.25, 0.3) is 12.2 Å². The van der Waals surface area contributed by atoms with Crippen LogP contribution in [0.4, 0.5) is 22.0 Å². The molecule has 1 aliphatic rings. The zero-order valence-corrected chi connectivity index (χ0v) is 20.6. The van der Waals surface area contributed by atoms with E-state index in [4.69, 9.17) is 14.2 Å². The van der Waals surface area contributed by atoms with Crippen molar-refractivity contribution in [2.45, 2.75) is 18.7 Å². The van der Waals surface area contributed by atoms with Gasteiger partial charge in [-0.15, -0.1) is 0 Å². The predicted octanol–water partition coefficient (Wildman–Crippen LogP) is 9.67. The molecule has 0 saturated carbocycles. The molecule has 3 aromatic rings. The Balaban J connectivity index is 1.87. The van der Waals surface area contributed by atoms with E-state index >= 15 is 8.78 Å². The molecule has 0 fully saturated rings. The average Bonchev–Trinajstić information content (AvgIpc) is 2.94. The van der Waals surface area contributed by atoms with Gasteiger partial charge >= 0.3 is 6.18 Å². The number of hydrogen-bond acceptors (Lipinski definition) is 3. The summed E-state index contributed by atoms with van der Waals surface area (Å²) in [5.41, 5.74) is 0.315. The zero-order valence-electron chi connectivity index (χ0n) is 20.6. The Morgan fingerprint density at radius 2 is 1.21 bits per heavy atom. The van der Waals surface area contributed by atoms with Crippen molar-refractivity contribution < 1.29 is 36.2 Å². The van der Waals surface area contributed by atoms with Crippen LogP contribution < -0.4 is 14.2 Å². The molecule has 0 spiro atoms. The fourth-order valence-corrected chi connectivity index (χ4v) is 3.76. The Morgan fingerprint density at radius 1 is 0.718 bits per heavy atom. The average molecular weight is 539 g/mol. The summed E-state index contributed by atoms with van der Waals surface area (Å²) in [5, 5.41) is 0. The van der Waals surface area contributed by atoms with Gasteiger partial charge in [-0.2, -0.15) is 22.0 Å². The SMILES string of the molecule is C=CC1=CCC(Oc2c(F)c(Oc3ccc(C=C)cc3)c(C(F)(F)F)c(Oc3ccc(C=C)cc3)c2F)C=C1. The van der Waals surface area contributed by atoms with Crippen molar-refractivity contribution >= 4 is 12.2 Å². The Labute approximate surface area is 222 Å². The number of rotatable bonds is 9. The highest BCUT2D eigenvalue weighted by Crippen LogP contribution is 2.51. The van der Waals surface area contributed by atoms with Gasteiger partial charge in [0.15, 0.2) is 17.2 Å². The molecule has 1 atom stereocenters. The highest BCUT2D eigenvalue weighted by molar-refractivity contribution is 5.58. The molecule has 0 heterocycles. The van der Waals surface area contributed by atoms with Crippen LogP contribution in [-0.4, -0.2) is 6.10 Å². The van der Waals surface area contributed by atoms with Gasteiger partial charge in [-0.3, -0.25) is 0 Å². The number of halogens is 5. The van der Waals surface area contributed by atoms with E-state index in [0.717, 1.165) is 5.57 Å². The molecule has 0 aliphatic heterocycles. The molecule has 8 heteroatoms. The van der Waals surface area contributed by atoms with Crippen molar-refractivity contribution in [3.8, 4) is 28.7 Å². The lowest BCUT2D eigenvalue weighted by Crippen LogP contribution is -2.19. The van der Waals surface area contributed by atoms with Gasteiger partial charge in [-0.05, 0) is 47.0 Å². The van der Waals surface area contributed by atoms with Gasteiger partial charge in [-0.25, -0.2) is 0 Å². The highest BCUT2D eigenvalue weighted by atomic mass is 19.4. The molecule has 0 N–H and O–H groups in total. The van der Waals surface area contributed by atoms with E-state index in [0.29, 0.717) is 11.1 Å². The second kappa shape index (κ2) is 11.4. The van der Waals surface area contributed by atoms with Crippen molar-refractivity contribution in [1.29, 1.82) is 0 Å². The lowest BCUT2D eigenvalue weighted by molar-refractivity contribution is -0.140. The Kier molecular flexibility index (Phi) is 8.04. The molecular weight excluding hydrogens is 515 g/mol. The van der Waals surface area contributed by atoms with Crippen LogP contribution in [0.15, 0.2) is 98.1 Å². The van der Waals surface area contributed by atoms with Gasteiger partial charge in [0, 0.05) is 6.42 Å². The largest absolute Gasteiger partial charge is 0.480 e.